The van der Waals surface area contributed by atoms with Crippen LogP contribution < -0.4 is 19.6 Å². The molecule has 0 aromatic heterocycles. The number of carbonyl (C=O) groups is 2. The van der Waals surface area contributed by atoms with Gasteiger partial charge in [-0.15, -0.1) is 0 Å². The van der Waals surface area contributed by atoms with E-state index in [1.165, 1.54) is 6.21 Å². The average molecular weight is 477 g/mol. The van der Waals surface area contributed by atoms with Crippen molar-refractivity contribution in [1.82, 2.24) is 5.43 Å². The van der Waals surface area contributed by atoms with Crippen LogP contribution in [0.3, 0.4) is 0 Å². The molecule has 0 saturated heterocycles. The lowest BCUT2D eigenvalue weighted by molar-refractivity contribution is -0.139. The first-order chi connectivity index (χ1) is 14.4. The quantitative estimate of drug-likeness (QED) is 0.291. The van der Waals surface area contributed by atoms with E-state index < -0.39 is 18.5 Å². The number of hydrogen-bond donors (Lipinski definition) is 2. The Kier molecular flexibility index (Phi) is 8.89. The van der Waals surface area contributed by atoms with Gasteiger partial charge in [-0.25, -0.2) is 10.2 Å². The largest absolute Gasteiger partial charge is 0.490 e. The van der Waals surface area contributed by atoms with Gasteiger partial charge in [-0.1, -0.05) is 12.7 Å². The second kappa shape index (κ2) is 11.6. The smallest absolute Gasteiger partial charge is 0.341 e. The fraction of sp³-hybridized carbons (Fsp3) is 0.190. The zero-order valence-corrected chi connectivity index (χ0v) is 17.8. The van der Waals surface area contributed by atoms with Crippen LogP contribution in [-0.2, 0) is 4.79 Å². The Labute approximate surface area is 182 Å². The molecule has 2 aromatic rings. The van der Waals surface area contributed by atoms with Gasteiger partial charge in [-0.3, -0.25) is 4.79 Å². The lowest BCUT2D eigenvalue weighted by Crippen LogP contribution is -2.17. The zero-order chi connectivity index (χ0) is 21.9. The predicted molar refractivity (Wildman–Crippen MR) is 116 cm³/mol. The standard InChI is InChI=1S/C21H21BrN2O6/c1-3-9-29-18-8-6-15(11-19(18)28-4-2)21(27)24-23-12-14-5-7-17(16(22)10-14)30-13-20(25)26/h3,5-8,10-12H,1,4,9,13H2,2H3,(H,24,27)(H,25,26)/b23-12+. The second-order valence-electron chi connectivity index (χ2n) is 5.77. The van der Waals surface area contributed by atoms with Crippen LogP contribution in [0.2, 0.25) is 0 Å². The minimum atomic E-state index is -1.07. The summed E-state index contributed by atoms with van der Waals surface area (Å²) in [5, 5.41) is 12.6. The summed E-state index contributed by atoms with van der Waals surface area (Å²) in [6.45, 7) is 5.75. The van der Waals surface area contributed by atoms with Crippen molar-refractivity contribution in [3.05, 3.63) is 64.7 Å². The second-order valence-corrected chi connectivity index (χ2v) is 6.62. The Hall–Kier alpha value is -3.33. The Morgan fingerprint density at radius 1 is 1.13 bits per heavy atom. The molecule has 0 aliphatic heterocycles. The Morgan fingerprint density at radius 3 is 2.57 bits per heavy atom. The third kappa shape index (κ3) is 6.93. The van der Waals surface area contributed by atoms with Crippen LogP contribution in [0, 0.1) is 0 Å². The van der Waals surface area contributed by atoms with E-state index in [2.05, 4.69) is 33.0 Å². The molecule has 2 aromatic carbocycles. The number of carbonyl (C=O) groups excluding carboxylic acids is 1. The summed E-state index contributed by atoms with van der Waals surface area (Å²) in [5.74, 6) is -0.115. The molecule has 0 atom stereocenters. The van der Waals surface area contributed by atoms with Gasteiger partial charge in [0.15, 0.2) is 18.1 Å². The van der Waals surface area contributed by atoms with E-state index in [1.54, 1.807) is 42.5 Å². The average Bonchev–Trinajstić information content (AvgIpc) is 2.72. The van der Waals surface area contributed by atoms with Crippen molar-refractivity contribution < 1.29 is 28.9 Å². The number of nitrogens with zero attached hydrogens (tertiary/aromatic N) is 1. The minimum Gasteiger partial charge on any atom is -0.490 e. The topological polar surface area (TPSA) is 106 Å². The Morgan fingerprint density at radius 2 is 1.90 bits per heavy atom. The van der Waals surface area contributed by atoms with Gasteiger partial charge in [0.25, 0.3) is 5.91 Å². The lowest BCUT2D eigenvalue weighted by atomic mass is 10.2. The van der Waals surface area contributed by atoms with Crippen LogP contribution >= 0.6 is 15.9 Å². The van der Waals surface area contributed by atoms with Crippen LogP contribution in [0.15, 0.2) is 58.6 Å². The van der Waals surface area contributed by atoms with E-state index in [0.717, 1.165) is 0 Å². The summed E-state index contributed by atoms with van der Waals surface area (Å²) >= 11 is 3.30. The SMILES string of the molecule is C=CCOc1ccc(C(=O)N/N=C/c2ccc(OCC(=O)O)c(Br)c2)cc1OCC. The van der Waals surface area contributed by atoms with Crippen molar-refractivity contribution in [2.24, 2.45) is 5.10 Å². The molecule has 30 heavy (non-hydrogen) atoms. The summed E-state index contributed by atoms with van der Waals surface area (Å²) in [6, 6.07) is 9.81. The highest BCUT2D eigenvalue weighted by molar-refractivity contribution is 9.10. The van der Waals surface area contributed by atoms with Gasteiger partial charge in [0.1, 0.15) is 12.4 Å². The lowest BCUT2D eigenvalue weighted by Gasteiger charge is -2.12. The highest BCUT2D eigenvalue weighted by atomic mass is 79.9. The summed E-state index contributed by atoms with van der Waals surface area (Å²) < 4.78 is 16.7. The molecule has 0 bridgehead atoms. The molecular formula is C21H21BrN2O6. The van der Waals surface area contributed by atoms with Crippen molar-refractivity contribution in [3.63, 3.8) is 0 Å². The van der Waals surface area contributed by atoms with Gasteiger partial charge in [-0.2, -0.15) is 5.10 Å². The first kappa shape index (κ1) is 23.0. The molecule has 0 heterocycles. The maximum Gasteiger partial charge on any atom is 0.341 e. The molecule has 2 N–H and O–H groups in total. The van der Waals surface area contributed by atoms with Crippen molar-refractivity contribution >= 4 is 34.0 Å². The Bertz CT molecular complexity index is 945. The van der Waals surface area contributed by atoms with Crippen LogP contribution in [0.1, 0.15) is 22.8 Å². The van der Waals surface area contributed by atoms with Crippen molar-refractivity contribution in [1.29, 1.82) is 0 Å². The van der Waals surface area contributed by atoms with Crippen LogP contribution in [0.4, 0.5) is 0 Å². The van der Waals surface area contributed by atoms with Crippen LogP contribution in [0.25, 0.3) is 0 Å². The monoisotopic (exact) mass is 476 g/mol. The molecule has 0 saturated carbocycles. The van der Waals surface area contributed by atoms with E-state index in [4.69, 9.17) is 19.3 Å². The van der Waals surface area contributed by atoms with Gasteiger partial charge in [0, 0.05) is 5.56 Å². The molecule has 1 amide bonds. The normalized spacial score (nSPS) is 10.5. The number of ether oxygens (including phenoxy) is 3. The number of halogens is 1. The highest BCUT2D eigenvalue weighted by Crippen LogP contribution is 2.28. The summed E-state index contributed by atoms with van der Waals surface area (Å²) in [6.07, 6.45) is 3.07. The Balaban J connectivity index is 2.03. The summed E-state index contributed by atoms with van der Waals surface area (Å²) in [7, 11) is 0. The molecule has 0 spiro atoms. The third-order valence-electron chi connectivity index (χ3n) is 3.55. The van der Waals surface area contributed by atoms with Crippen LogP contribution in [-0.4, -0.2) is 43.0 Å². The number of rotatable bonds is 11. The van der Waals surface area contributed by atoms with E-state index in [0.29, 0.717) is 46.1 Å². The highest BCUT2D eigenvalue weighted by Gasteiger charge is 2.11. The maximum atomic E-state index is 12.4. The number of benzene rings is 2. The van der Waals surface area contributed by atoms with E-state index in [-0.39, 0.29) is 0 Å². The number of amides is 1. The molecule has 0 aliphatic rings. The number of carboxylic acid groups (broad SMARTS) is 1. The van der Waals surface area contributed by atoms with Crippen molar-refractivity contribution in [2.45, 2.75) is 6.92 Å². The number of carboxylic acids is 1. The van der Waals surface area contributed by atoms with Crippen molar-refractivity contribution in [3.8, 4) is 17.2 Å². The summed E-state index contributed by atoms with van der Waals surface area (Å²) in [4.78, 5) is 22.9. The minimum absolute atomic E-state index is 0.325. The van der Waals surface area contributed by atoms with Gasteiger partial charge in [0.05, 0.1) is 17.3 Å². The molecule has 9 heteroatoms. The zero-order valence-electron chi connectivity index (χ0n) is 16.3. The van der Waals surface area contributed by atoms with E-state index >= 15 is 0 Å². The summed E-state index contributed by atoms with van der Waals surface area (Å²) in [5.41, 5.74) is 3.48. The fourth-order valence-corrected chi connectivity index (χ4v) is 2.78. The molecule has 2 rings (SSSR count). The molecular weight excluding hydrogens is 456 g/mol. The first-order valence-corrected chi connectivity index (χ1v) is 9.72. The first-order valence-electron chi connectivity index (χ1n) is 8.92. The maximum absolute atomic E-state index is 12.4. The van der Waals surface area contributed by atoms with Gasteiger partial charge in [0.2, 0.25) is 0 Å². The molecule has 0 aliphatic carbocycles. The number of aliphatic carboxylic acids is 1. The fourth-order valence-electron chi connectivity index (χ4n) is 2.27. The van der Waals surface area contributed by atoms with Crippen molar-refractivity contribution in [2.75, 3.05) is 19.8 Å². The third-order valence-corrected chi connectivity index (χ3v) is 4.17. The molecule has 0 fully saturated rings. The molecule has 8 nitrogen and oxygen atoms in total. The molecule has 0 radical (unpaired) electrons. The number of nitrogens with one attached hydrogen (secondary N) is 1. The predicted octanol–water partition coefficient (Wildman–Crippen LogP) is 3.64. The molecule has 0 unspecified atom stereocenters. The van der Waals surface area contributed by atoms with Gasteiger partial charge in [-0.05, 0) is 64.8 Å². The van der Waals surface area contributed by atoms with E-state index in [9.17, 15) is 9.59 Å². The van der Waals surface area contributed by atoms with Gasteiger partial charge >= 0.3 is 5.97 Å². The number of hydrogen-bond acceptors (Lipinski definition) is 6. The van der Waals surface area contributed by atoms with Crippen LogP contribution in [0.5, 0.6) is 17.2 Å². The number of hydrazone groups is 1. The van der Waals surface area contributed by atoms with E-state index in [1.807, 2.05) is 6.92 Å². The van der Waals surface area contributed by atoms with Gasteiger partial charge < -0.3 is 19.3 Å². The molecule has 158 valence electrons.